The largest absolute Gasteiger partial charge is 0.497 e. The smallest absolute Gasteiger partial charge is 0.191 e. The van der Waals surface area contributed by atoms with Gasteiger partial charge in [0.15, 0.2) is 11.1 Å². The molecule has 1 saturated heterocycles. The van der Waals surface area contributed by atoms with Gasteiger partial charge in [0.25, 0.3) is 0 Å². The molecule has 0 unspecified atom stereocenters. The SMILES string of the molecule is CN=C(NCCc1csc(N2CCCC2)n1)NCc1cccc(OC)c1.I. The molecule has 0 radical (unpaired) electrons. The van der Waals surface area contributed by atoms with Crippen LogP contribution in [0.4, 0.5) is 5.13 Å². The maximum Gasteiger partial charge on any atom is 0.191 e. The number of aliphatic imine (C=N–C) groups is 1. The summed E-state index contributed by atoms with van der Waals surface area (Å²) >= 11 is 1.75. The van der Waals surface area contributed by atoms with Crippen LogP contribution in [-0.2, 0) is 13.0 Å². The Morgan fingerprint density at radius 1 is 1.30 bits per heavy atom. The zero-order valence-corrected chi connectivity index (χ0v) is 19.0. The number of hydrogen-bond acceptors (Lipinski definition) is 5. The first-order valence-corrected chi connectivity index (χ1v) is 9.93. The Hall–Kier alpha value is -1.55. The molecule has 1 fully saturated rings. The van der Waals surface area contributed by atoms with E-state index in [1.807, 2.05) is 18.2 Å². The van der Waals surface area contributed by atoms with E-state index in [0.717, 1.165) is 54.2 Å². The number of ether oxygens (including phenoxy) is 1. The summed E-state index contributed by atoms with van der Waals surface area (Å²) in [5.74, 6) is 1.66. The topological polar surface area (TPSA) is 61.8 Å². The van der Waals surface area contributed by atoms with E-state index in [9.17, 15) is 0 Å². The van der Waals surface area contributed by atoms with Crippen molar-refractivity contribution in [3.63, 3.8) is 0 Å². The number of aromatic nitrogens is 1. The molecule has 1 aliphatic heterocycles. The van der Waals surface area contributed by atoms with Gasteiger partial charge in [-0.1, -0.05) is 12.1 Å². The summed E-state index contributed by atoms with van der Waals surface area (Å²) in [7, 11) is 3.47. The van der Waals surface area contributed by atoms with Gasteiger partial charge in [-0.25, -0.2) is 4.98 Å². The van der Waals surface area contributed by atoms with E-state index in [1.54, 1.807) is 25.5 Å². The minimum absolute atomic E-state index is 0. The molecule has 1 aromatic heterocycles. The maximum absolute atomic E-state index is 5.26. The van der Waals surface area contributed by atoms with Crippen LogP contribution in [-0.4, -0.2) is 44.7 Å². The lowest BCUT2D eigenvalue weighted by atomic mass is 10.2. The van der Waals surface area contributed by atoms with Crippen molar-refractivity contribution in [1.29, 1.82) is 0 Å². The van der Waals surface area contributed by atoms with Crippen molar-refractivity contribution in [3.05, 3.63) is 40.9 Å². The first-order valence-electron chi connectivity index (χ1n) is 9.05. The number of benzene rings is 1. The third-order valence-electron chi connectivity index (χ3n) is 4.41. The van der Waals surface area contributed by atoms with Crippen LogP contribution in [0.25, 0.3) is 0 Å². The van der Waals surface area contributed by atoms with Gasteiger partial charge in [-0.15, -0.1) is 35.3 Å². The van der Waals surface area contributed by atoms with E-state index in [0.29, 0.717) is 6.54 Å². The van der Waals surface area contributed by atoms with E-state index >= 15 is 0 Å². The van der Waals surface area contributed by atoms with Crippen molar-refractivity contribution < 1.29 is 4.74 Å². The Kier molecular flexibility index (Phi) is 9.12. The van der Waals surface area contributed by atoms with Crippen LogP contribution in [0, 0.1) is 0 Å². The van der Waals surface area contributed by atoms with Crippen LogP contribution >= 0.6 is 35.3 Å². The summed E-state index contributed by atoms with van der Waals surface area (Å²) in [6.07, 6.45) is 3.46. The van der Waals surface area contributed by atoms with Crippen LogP contribution < -0.4 is 20.3 Å². The predicted octanol–water partition coefficient (Wildman–Crippen LogP) is 3.28. The molecule has 3 rings (SSSR count). The van der Waals surface area contributed by atoms with Gasteiger partial charge in [-0.05, 0) is 30.5 Å². The highest BCUT2D eigenvalue weighted by molar-refractivity contribution is 14.0. The Balaban J connectivity index is 0.00000261. The van der Waals surface area contributed by atoms with Crippen molar-refractivity contribution in [3.8, 4) is 5.75 Å². The van der Waals surface area contributed by atoms with Crippen molar-refractivity contribution in [2.24, 2.45) is 4.99 Å². The number of rotatable bonds is 7. The molecule has 0 amide bonds. The van der Waals surface area contributed by atoms with E-state index in [-0.39, 0.29) is 24.0 Å². The number of nitrogens with zero attached hydrogens (tertiary/aromatic N) is 3. The van der Waals surface area contributed by atoms with Crippen LogP contribution in [0.15, 0.2) is 34.6 Å². The number of thiazole rings is 1. The minimum Gasteiger partial charge on any atom is -0.497 e. The third-order valence-corrected chi connectivity index (χ3v) is 5.36. The van der Waals surface area contributed by atoms with E-state index in [1.165, 1.54) is 12.8 Å². The first kappa shape index (κ1) is 21.7. The molecule has 0 bridgehead atoms. The molecule has 0 atom stereocenters. The molecule has 2 aromatic rings. The van der Waals surface area contributed by atoms with Gasteiger partial charge in [-0.3, -0.25) is 4.99 Å². The number of nitrogens with one attached hydrogen (secondary N) is 2. The fourth-order valence-corrected chi connectivity index (χ4v) is 3.88. The molecule has 2 N–H and O–H groups in total. The van der Waals surface area contributed by atoms with Crippen LogP contribution in [0.3, 0.4) is 0 Å². The van der Waals surface area contributed by atoms with Gasteiger partial charge < -0.3 is 20.3 Å². The Morgan fingerprint density at radius 2 is 2.11 bits per heavy atom. The van der Waals surface area contributed by atoms with Gasteiger partial charge in [0.1, 0.15) is 5.75 Å². The minimum atomic E-state index is 0. The standard InChI is InChI=1S/C19H27N5OS.HI/c1-20-18(22-13-15-6-5-7-17(12-15)25-2)21-9-8-16-14-26-19(23-16)24-10-3-4-11-24;/h5-7,12,14H,3-4,8-11,13H2,1-2H3,(H2,20,21,22);1H. The summed E-state index contributed by atoms with van der Waals surface area (Å²) in [5, 5.41) is 10.0. The summed E-state index contributed by atoms with van der Waals surface area (Å²) in [5.41, 5.74) is 2.30. The number of hydrogen-bond donors (Lipinski definition) is 2. The second kappa shape index (κ2) is 11.3. The van der Waals surface area contributed by atoms with Crippen molar-refractivity contribution >= 4 is 46.4 Å². The van der Waals surface area contributed by atoms with Gasteiger partial charge in [-0.2, -0.15) is 0 Å². The fourth-order valence-electron chi connectivity index (χ4n) is 2.96. The number of halogens is 1. The molecule has 0 aliphatic carbocycles. The van der Waals surface area contributed by atoms with Gasteiger partial charge in [0.2, 0.25) is 0 Å². The lowest BCUT2D eigenvalue weighted by Gasteiger charge is -2.13. The second-order valence-electron chi connectivity index (χ2n) is 6.27. The molecule has 1 aliphatic rings. The summed E-state index contributed by atoms with van der Waals surface area (Å²) in [4.78, 5) is 11.4. The van der Waals surface area contributed by atoms with Crippen molar-refractivity contribution in [1.82, 2.24) is 15.6 Å². The number of guanidine groups is 1. The molecular formula is C19H28IN5OS. The lowest BCUT2D eigenvalue weighted by Crippen LogP contribution is -2.37. The number of methoxy groups -OCH3 is 1. The average Bonchev–Trinajstić information content (AvgIpc) is 3.36. The quantitative estimate of drug-likeness (QED) is 0.347. The normalized spacial score (nSPS) is 14.0. The highest BCUT2D eigenvalue weighted by atomic mass is 127. The van der Waals surface area contributed by atoms with Crippen LogP contribution in [0.5, 0.6) is 5.75 Å². The molecule has 1 aromatic carbocycles. The highest BCUT2D eigenvalue weighted by Gasteiger charge is 2.15. The molecule has 148 valence electrons. The molecule has 8 heteroatoms. The maximum atomic E-state index is 5.26. The summed E-state index contributed by atoms with van der Waals surface area (Å²) < 4.78 is 5.26. The molecule has 0 spiro atoms. The van der Waals surface area contributed by atoms with Gasteiger partial charge in [0, 0.05) is 45.0 Å². The monoisotopic (exact) mass is 501 g/mol. The van der Waals surface area contributed by atoms with E-state index in [2.05, 4.69) is 32.0 Å². The first-order chi connectivity index (χ1) is 12.8. The Labute approximate surface area is 182 Å². The van der Waals surface area contributed by atoms with Gasteiger partial charge in [0.05, 0.1) is 12.8 Å². The van der Waals surface area contributed by atoms with Gasteiger partial charge >= 0.3 is 0 Å². The molecule has 0 saturated carbocycles. The zero-order valence-electron chi connectivity index (χ0n) is 15.9. The predicted molar refractivity (Wildman–Crippen MR) is 124 cm³/mol. The molecule has 2 heterocycles. The summed E-state index contributed by atoms with van der Waals surface area (Å²) in [6, 6.07) is 8.03. The molecular weight excluding hydrogens is 473 g/mol. The Morgan fingerprint density at radius 3 is 2.85 bits per heavy atom. The highest BCUT2D eigenvalue weighted by Crippen LogP contribution is 2.24. The summed E-state index contributed by atoms with van der Waals surface area (Å²) in [6.45, 7) is 3.80. The third kappa shape index (κ3) is 6.53. The molecule has 27 heavy (non-hydrogen) atoms. The van der Waals surface area contributed by atoms with Crippen LogP contribution in [0.2, 0.25) is 0 Å². The zero-order chi connectivity index (χ0) is 18.2. The number of anilines is 1. The van der Waals surface area contributed by atoms with E-state index in [4.69, 9.17) is 9.72 Å². The molecule has 6 nitrogen and oxygen atoms in total. The average molecular weight is 501 g/mol. The second-order valence-corrected chi connectivity index (χ2v) is 7.11. The fraction of sp³-hybridized carbons (Fsp3) is 0.474. The van der Waals surface area contributed by atoms with Crippen molar-refractivity contribution in [2.45, 2.75) is 25.8 Å². The van der Waals surface area contributed by atoms with Crippen molar-refractivity contribution in [2.75, 3.05) is 38.7 Å². The lowest BCUT2D eigenvalue weighted by molar-refractivity contribution is 0.414. The Bertz CT molecular complexity index is 730. The van der Waals surface area contributed by atoms with E-state index < -0.39 is 0 Å². The van der Waals surface area contributed by atoms with Crippen LogP contribution in [0.1, 0.15) is 24.1 Å².